The zero-order chi connectivity index (χ0) is 19.6. The fourth-order valence-electron chi connectivity index (χ4n) is 4.01. The number of aliphatic carboxylic acids is 1. The molecule has 0 saturated carbocycles. The first-order valence-electron chi connectivity index (χ1n) is 8.99. The Morgan fingerprint density at radius 3 is 2.44 bits per heavy atom. The van der Waals surface area contributed by atoms with E-state index in [0.717, 1.165) is 29.5 Å². The van der Waals surface area contributed by atoms with Gasteiger partial charge in [0, 0.05) is 17.0 Å². The molecule has 0 radical (unpaired) electrons. The van der Waals surface area contributed by atoms with Crippen molar-refractivity contribution in [2.24, 2.45) is 5.73 Å². The van der Waals surface area contributed by atoms with E-state index in [9.17, 15) is 9.59 Å². The summed E-state index contributed by atoms with van der Waals surface area (Å²) in [5.41, 5.74) is 11.2. The van der Waals surface area contributed by atoms with Gasteiger partial charge in [0.1, 0.15) is 5.75 Å². The van der Waals surface area contributed by atoms with Crippen molar-refractivity contribution in [1.29, 1.82) is 0 Å². The molecule has 1 amide bonds. The van der Waals surface area contributed by atoms with Crippen LogP contribution in [0.25, 0.3) is 5.57 Å². The number of rotatable bonds is 7. The van der Waals surface area contributed by atoms with Gasteiger partial charge in [0.2, 0.25) is 5.91 Å². The van der Waals surface area contributed by atoms with Crippen LogP contribution in [0.1, 0.15) is 53.2 Å². The zero-order valence-electron chi connectivity index (χ0n) is 15.5. The van der Waals surface area contributed by atoms with Crippen molar-refractivity contribution in [3.05, 3.63) is 70.3 Å². The van der Waals surface area contributed by atoms with Gasteiger partial charge in [0.05, 0.1) is 0 Å². The van der Waals surface area contributed by atoms with Crippen molar-refractivity contribution in [1.82, 2.24) is 0 Å². The molecule has 5 nitrogen and oxygen atoms in total. The van der Waals surface area contributed by atoms with Crippen molar-refractivity contribution in [2.75, 3.05) is 6.61 Å². The second kappa shape index (κ2) is 7.66. The topological polar surface area (TPSA) is 89.6 Å². The number of amides is 1. The average Bonchev–Trinajstić information content (AvgIpc) is 2.92. The molecule has 1 aliphatic rings. The van der Waals surface area contributed by atoms with Crippen molar-refractivity contribution in [2.45, 2.75) is 32.6 Å². The standard InChI is InChI=1S/C22H23NO4/c1-3-15-13(2)20-18(27-12-19(24)25)10-9-16(22(23)26)21(20)17(15)11-14-7-5-4-6-8-14/h4-10,17H,3,11-12H2,1-2H3,(H2,23,26)(H,24,25). The van der Waals surface area contributed by atoms with Crippen LogP contribution in [0.15, 0.2) is 48.0 Å². The Hall–Kier alpha value is -3.08. The van der Waals surface area contributed by atoms with Gasteiger partial charge in [0.25, 0.3) is 0 Å². The van der Waals surface area contributed by atoms with E-state index < -0.39 is 18.5 Å². The minimum Gasteiger partial charge on any atom is -0.481 e. The Balaban J connectivity index is 2.14. The predicted molar refractivity (Wildman–Crippen MR) is 104 cm³/mol. The fraction of sp³-hybridized carbons (Fsp3) is 0.273. The average molecular weight is 365 g/mol. The molecule has 0 heterocycles. The quantitative estimate of drug-likeness (QED) is 0.781. The summed E-state index contributed by atoms with van der Waals surface area (Å²) in [6, 6.07) is 13.4. The zero-order valence-corrected chi connectivity index (χ0v) is 15.5. The first-order chi connectivity index (χ1) is 12.9. The summed E-state index contributed by atoms with van der Waals surface area (Å²) < 4.78 is 5.52. The molecule has 0 fully saturated rings. The number of hydrogen-bond acceptors (Lipinski definition) is 3. The number of allylic oxidation sites excluding steroid dienone is 2. The Morgan fingerprint density at radius 2 is 1.85 bits per heavy atom. The van der Waals surface area contributed by atoms with E-state index in [1.54, 1.807) is 12.1 Å². The maximum absolute atomic E-state index is 12.1. The van der Waals surface area contributed by atoms with Crippen molar-refractivity contribution < 1.29 is 19.4 Å². The monoisotopic (exact) mass is 365 g/mol. The van der Waals surface area contributed by atoms with Gasteiger partial charge in [-0.2, -0.15) is 0 Å². The number of nitrogens with two attached hydrogens (primary N) is 1. The molecule has 0 spiro atoms. The summed E-state index contributed by atoms with van der Waals surface area (Å²) in [4.78, 5) is 23.1. The molecule has 3 rings (SSSR count). The minimum atomic E-state index is -1.04. The van der Waals surface area contributed by atoms with Crippen LogP contribution < -0.4 is 10.5 Å². The summed E-state index contributed by atoms with van der Waals surface area (Å²) in [6.07, 6.45) is 1.58. The van der Waals surface area contributed by atoms with E-state index in [4.69, 9.17) is 15.6 Å². The lowest BCUT2D eigenvalue weighted by Gasteiger charge is -2.19. The van der Waals surface area contributed by atoms with Crippen molar-refractivity contribution >= 4 is 17.4 Å². The molecule has 140 valence electrons. The molecule has 1 atom stereocenters. The lowest BCUT2D eigenvalue weighted by atomic mass is 9.85. The number of hydrogen-bond donors (Lipinski definition) is 2. The van der Waals surface area contributed by atoms with Gasteiger partial charge >= 0.3 is 5.97 Å². The fourth-order valence-corrected chi connectivity index (χ4v) is 4.01. The predicted octanol–water partition coefficient (Wildman–Crippen LogP) is 3.77. The smallest absolute Gasteiger partial charge is 0.341 e. The number of benzene rings is 2. The minimum absolute atomic E-state index is 0.0169. The second-order valence-electron chi connectivity index (χ2n) is 6.69. The van der Waals surface area contributed by atoms with Crippen LogP contribution in [-0.4, -0.2) is 23.6 Å². The highest BCUT2D eigenvalue weighted by Gasteiger charge is 2.34. The number of carboxylic acid groups (broad SMARTS) is 1. The van der Waals surface area contributed by atoms with E-state index in [1.165, 1.54) is 11.1 Å². The molecule has 0 saturated heterocycles. The van der Waals surface area contributed by atoms with E-state index in [0.29, 0.717) is 11.3 Å². The molecule has 1 unspecified atom stereocenters. The SMILES string of the molecule is CCC1=C(C)c2c(OCC(=O)O)ccc(C(N)=O)c2C1Cc1ccccc1. The van der Waals surface area contributed by atoms with Gasteiger partial charge in [0.15, 0.2) is 6.61 Å². The molecule has 5 heteroatoms. The summed E-state index contributed by atoms with van der Waals surface area (Å²) in [6.45, 7) is 3.66. The van der Waals surface area contributed by atoms with Crippen LogP contribution >= 0.6 is 0 Å². The molecule has 2 aromatic rings. The van der Waals surface area contributed by atoms with Crippen LogP contribution in [0.2, 0.25) is 0 Å². The van der Waals surface area contributed by atoms with Crippen LogP contribution in [-0.2, 0) is 11.2 Å². The number of fused-ring (bicyclic) bond motifs is 1. The molecule has 3 N–H and O–H groups in total. The first kappa shape index (κ1) is 18.7. The summed E-state index contributed by atoms with van der Waals surface area (Å²) in [5, 5.41) is 8.97. The molecule has 1 aliphatic carbocycles. The van der Waals surface area contributed by atoms with E-state index >= 15 is 0 Å². The molecule has 0 aromatic heterocycles. The summed E-state index contributed by atoms with van der Waals surface area (Å²) >= 11 is 0. The number of ether oxygens (including phenoxy) is 1. The second-order valence-corrected chi connectivity index (χ2v) is 6.69. The Labute approximate surface area is 158 Å². The normalized spacial score (nSPS) is 15.6. The molecule has 0 aliphatic heterocycles. The third kappa shape index (κ3) is 3.58. The molecule has 2 aromatic carbocycles. The highest BCUT2D eigenvalue weighted by atomic mass is 16.5. The van der Waals surface area contributed by atoms with Gasteiger partial charge in [-0.3, -0.25) is 4.79 Å². The summed E-state index contributed by atoms with van der Waals surface area (Å²) in [7, 11) is 0. The first-order valence-corrected chi connectivity index (χ1v) is 8.99. The highest BCUT2D eigenvalue weighted by Crippen LogP contribution is 2.49. The number of primary amides is 1. The molecule has 0 bridgehead atoms. The van der Waals surface area contributed by atoms with Crippen LogP contribution in [0.5, 0.6) is 5.75 Å². The highest BCUT2D eigenvalue weighted by molar-refractivity contribution is 5.98. The third-order valence-electron chi connectivity index (χ3n) is 5.11. The number of carbonyl (C=O) groups excluding carboxylic acids is 1. The van der Waals surface area contributed by atoms with E-state index in [1.807, 2.05) is 25.1 Å². The van der Waals surface area contributed by atoms with Crippen molar-refractivity contribution in [3.63, 3.8) is 0 Å². The van der Waals surface area contributed by atoms with Gasteiger partial charge in [-0.1, -0.05) is 42.8 Å². The maximum atomic E-state index is 12.1. The molecule has 27 heavy (non-hydrogen) atoms. The number of carboxylic acids is 1. The lowest BCUT2D eigenvalue weighted by Crippen LogP contribution is -2.17. The van der Waals surface area contributed by atoms with E-state index in [2.05, 4.69) is 19.1 Å². The molecular formula is C22H23NO4. The van der Waals surface area contributed by atoms with Gasteiger partial charge in [-0.05, 0) is 48.6 Å². The van der Waals surface area contributed by atoms with Crippen molar-refractivity contribution in [3.8, 4) is 5.75 Å². The Kier molecular flexibility index (Phi) is 5.31. The van der Waals surface area contributed by atoms with Crippen LogP contribution in [0, 0.1) is 0 Å². The van der Waals surface area contributed by atoms with Gasteiger partial charge in [-0.15, -0.1) is 0 Å². The lowest BCUT2D eigenvalue weighted by molar-refractivity contribution is -0.139. The Bertz CT molecular complexity index is 915. The maximum Gasteiger partial charge on any atom is 0.341 e. The largest absolute Gasteiger partial charge is 0.481 e. The van der Waals surface area contributed by atoms with Crippen LogP contribution in [0.3, 0.4) is 0 Å². The Morgan fingerprint density at radius 1 is 1.15 bits per heavy atom. The summed E-state index contributed by atoms with van der Waals surface area (Å²) in [5.74, 6) is -1.03. The van der Waals surface area contributed by atoms with E-state index in [-0.39, 0.29) is 5.92 Å². The number of carbonyl (C=O) groups is 2. The van der Waals surface area contributed by atoms with Gasteiger partial charge in [-0.25, -0.2) is 4.79 Å². The van der Waals surface area contributed by atoms with Gasteiger partial charge < -0.3 is 15.6 Å². The van der Waals surface area contributed by atoms with Crippen LogP contribution in [0.4, 0.5) is 0 Å². The third-order valence-corrected chi connectivity index (χ3v) is 5.11. The molecular weight excluding hydrogens is 342 g/mol.